The standard InChI is InChI=1S/C7H6N3O2.C3H5.Nd/c8-4-5-6(9)2-1-3-7(5)10(11)12;1-2-3-1;/h1-4,8-9H;1H,2-3H2;/q2*-1;. The quantitative estimate of drug-likeness (QED) is 0.384. The van der Waals surface area contributed by atoms with Crippen LogP contribution in [0.3, 0.4) is 0 Å². The molecule has 1 aromatic carbocycles. The Morgan fingerprint density at radius 1 is 1.50 bits per heavy atom. The van der Waals surface area contributed by atoms with Gasteiger partial charge in [0.15, 0.2) is 0 Å². The van der Waals surface area contributed by atoms with E-state index in [1.54, 1.807) is 0 Å². The summed E-state index contributed by atoms with van der Waals surface area (Å²) in [6.07, 6.45) is 5.82. The van der Waals surface area contributed by atoms with Crippen LogP contribution in [0.4, 0.5) is 11.4 Å². The zero-order valence-corrected chi connectivity index (χ0v) is 11.8. The fraction of sp³-hybridized carbons (Fsp3) is 0.200. The Kier molecular flexibility index (Phi) is 7.40. The summed E-state index contributed by atoms with van der Waals surface area (Å²) in [4.78, 5) is 9.75. The van der Waals surface area contributed by atoms with Crippen LogP contribution in [0, 0.1) is 62.8 Å². The number of rotatable bonds is 2. The van der Waals surface area contributed by atoms with Crippen LogP contribution in [0.15, 0.2) is 18.2 Å². The van der Waals surface area contributed by atoms with Gasteiger partial charge in [0.25, 0.3) is 5.69 Å². The van der Waals surface area contributed by atoms with E-state index in [2.05, 4.69) is 6.42 Å². The molecular formula is C10H11N3NdO2-2. The first kappa shape index (κ1) is 15.4. The van der Waals surface area contributed by atoms with Gasteiger partial charge in [-0.3, -0.25) is 10.1 Å². The average Bonchev–Trinajstić information content (AvgIpc) is 3.04. The maximum absolute atomic E-state index is 10.4. The molecule has 0 atom stereocenters. The third kappa shape index (κ3) is 4.98. The van der Waals surface area contributed by atoms with Gasteiger partial charge in [-0.1, -0.05) is 12.1 Å². The molecule has 0 unspecified atom stereocenters. The maximum Gasteiger partial charge on any atom is 0.276 e. The van der Waals surface area contributed by atoms with Crippen LogP contribution < -0.4 is 0 Å². The molecule has 0 aromatic heterocycles. The number of hydrogen-bond donors (Lipinski definition) is 1. The van der Waals surface area contributed by atoms with Gasteiger partial charge < -0.3 is 17.6 Å². The minimum atomic E-state index is -0.599. The molecule has 16 heavy (non-hydrogen) atoms. The van der Waals surface area contributed by atoms with E-state index in [0.717, 1.165) is 6.21 Å². The fourth-order valence-electron chi connectivity index (χ4n) is 0.864. The molecule has 1 aliphatic rings. The van der Waals surface area contributed by atoms with Crippen LogP contribution >= 0.6 is 0 Å². The van der Waals surface area contributed by atoms with E-state index in [1.807, 2.05) is 0 Å². The Balaban J connectivity index is 0.000000485. The summed E-state index contributed by atoms with van der Waals surface area (Å²) in [5.74, 6) is 0. The number of nitrogens with zero attached hydrogens (tertiary/aromatic N) is 1. The van der Waals surface area contributed by atoms with E-state index in [-0.39, 0.29) is 57.8 Å². The monoisotopic (exact) mass is 347 g/mol. The van der Waals surface area contributed by atoms with Gasteiger partial charge in [0.1, 0.15) is 0 Å². The Morgan fingerprint density at radius 3 is 2.38 bits per heavy atom. The van der Waals surface area contributed by atoms with Crippen molar-refractivity contribution in [2.75, 3.05) is 0 Å². The molecule has 6 heteroatoms. The summed E-state index contributed by atoms with van der Waals surface area (Å²) in [6, 6.07) is 4.11. The molecule has 0 aliphatic heterocycles. The molecule has 2 N–H and O–H groups in total. The minimum Gasteiger partial charge on any atom is -0.698 e. The van der Waals surface area contributed by atoms with Crippen molar-refractivity contribution in [1.29, 1.82) is 5.41 Å². The zero-order chi connectivity index (χ0) is 11.3. The van der Waals surface area contributed by atoms with Crippen molar-refractivity contribution in [2.24, 2.45) is 0 Å². The third-order valence-electron chi connectivity index (χ3n) is 1.71. The van der Waals surface area contributed by atoms with E-state index < -0.39 is 4.92 Å². The summed E-state index contributed by atoms with van der Waals surface area (Å²) >= 11 is 0. The second kappa shape index (κ2) is 7.67. The predicted octanol–water partition coefficient (Wildman–Crippen LogP) is 3.26. The van der Waals surface area contributed by atoms with Gasteiger partial charge in [-0.15, -0.1) is 5.69 Å². The summed E-state index contributed by atoms with van der Waals surface area (Å²) < 4.78 is 0. The Labute approximate surface area is 127 Å². The number of nitro groups is 1. The molecule has 1 saturated carbocycles. The molecule has 0 spiro atoms. The van der Waals surface area contributed by atoms with Crippen molar-refractivity contribution in [3.05, 3.63) is 46.0 Å². The minimum absolute atomic E-state index is 0. The molecule has 1 aliphatic carbocycles. The van der Waals surface area contributed by atoms with E-state index in [4.69, 9.17) is 11.1 Å². The van der Waals surface area contributed by atoms with Gasteiger partial charge in [0.2, 0.25) is 0 Å². The maximum atomic E-state index is 10.4. The normalized spacial score (nSPS) is 11.5. The summed E-state index contributed by atoms with van der Waals surface area (Å²) in [5.41, 5.74) is 7.10. The van der Waals surface area contributed by atoms with Crippen LogP contribution in [0.5, 0.6) is 0 Å². The molecule has 5 nitrogen and oxygen atoms in total. The number of nitro benzene ring substituents is 1. The molecule has 0 radical (unpaired) electrons. The van der Waals surface area contributed by atoms with Gasteiger partial charge in [-0.25, -0.2) is 12.8 Å². The van der Waals surface area contributed by atoms with Crippen LogP contribution in [-0.2, 0) is 0 Å². The number of benzene rings is 1. The summed E-state index contributed by atoms with van der Waals surface area (Å²) in [7, 11) is 0. The van der Waals surface area contributed by atoms with Crippen molar-refractivity contribution < 1.29 is 45.8 Å². The number of hydrogen-bond acceptors (Lipinski definition) is 3. The van der Waals surface area contributed by atoms with E-state index >= 15 is 0 Å². The molecule has 0 saturated heterocycles. The van der Waals surface area contributed by atoms with Crippen molar-refractivity contribution >= 4 is 17.6 Å². The molecular weight excluding hydrogens is 338 g/mol. The van der Waals surface area contributed by atoms with Gasteiger partial charge >= 0.3 is 0 Å². The SMILES string of the molecule is N=Cc1c([NH-])cccc1[N+](=O)[O-].[CH-]1CC1.[Nd]. The molecule has 1 aromatic rings. The van der Waals surface area contributed by atoms with Crippen LogP contribution in [0.1, 0.15) is 18.4 Å². The molecule has 84 valence electrons. The fourth-order valence-corrected chi connectivity index (χ4v) is 0.864. The van der Waals surface area contributed by atoms with Crippen molar-refractivity contribution in [3.63, 3.8) is 0 Å². The smallest absolute Gasteiger partial charge is 0.276 e. The second-order valence-corrected chi connectivity index (χ2v) is 3.01. The van der Waals surface area contributed by atoms with Gasteiger partial charge in [0, 0.05) is 53.1 Å². The van der Waals surface area contributed by atoms with Gasteiger partial charge in [-0.05, 0) is 0 Å². The average molecular weight is 349 g/mol. The summed E-state index contributed by atoms with van der Waals surface area (Å²) in [6.45, 7) is 0. The van der Waals surface area contributed by atoms with Gasteiger partial charge in [0.05, 0.1) is 10.5 Å². The van der Waals surface area contributed by atoms with Crippen molar-refractivity contribution in [3.8, 4) is 0 Å². The topological polar surface area (TPSA) is 90.8 Å². The van der Waals surface area contributed by atoms with Crippen molar-refractivity contribution in [1.82, 2.24) is 0 Å². The number of nitrogens with one attached hydrogen (secondary N) is 2. The first-order chi connectivity index (χ1) is 7.16. The molecule has 0 bridgehead atoms. The molecule has 2 rings (SSSR count). The zero-order valence-electron chi connectivity index (χ0n) is 8.56. The first-order valence-electron chi connectivity index (χ1n) is 4.48. The van der Waals surface area contributed by atoms with Crippen LogP contribution in [0.2, 0.25) is 0 Å². The van der Waals surface area contributed by atoms with Gasteiger partial charge in [-0.2, -0.15) is 0 Å². The second-order valence-electron chi connectivity index (χ2n) is 3.01. The molecule has 0 amide bonds. The van der Waals surface area contributed by atoms with Crippen LogP contribution in [0.25, 0.3) is 5.73 Å². The van der Waals surface area contributed by atoms with E-state index in [0.29, 0.717) is 0 Å². The van der Waals surface area contributed by atoms with E-state index in [1.165, 1.54) is 31.0 Å². The third-order valence-corrected chi connectivity index (χ3v) is 1.71. The van der Waals surface area contributed by atoms with Crippen molar-refractivity contribution in [2.45, 2.75) is 12.8 Å². The molecule has 1 fully saturated rings. The Bertz CT molecular complexity index is 378. The Hall–Kier alpha value is -0.559. The predicted molar refractivity (Wildman–Crippen MR) is 58.5 cm³/mol. The molecule has 0 heterocycles. The first-order valence-corrected chi connectivity index (χ1v) is 4.48. The largest absolute Gasteiger partial charge is 0.698 e. The Morgan fingerprint density at radius 2 is 2.06 bits per heavy atom. The van der Waals surface area contributed by atoms with Crippen LogP contribution in [-0.4, -0.2) is 11.1 Å². The summed E-state index contributed by atoms with van der Waals surface area (Å²) in [5, 5.41) is 17.2. The van der Waals surface area contributed by atoms with E-state index in [9.17, 15) is 10.1 Å².